The van der Waals surface area contributed by atoms with Crippen LogP contribution in [0.15, 0.2) is 18.3 Å². The van der Waals surface area contributed by atoms with Crippen molar-refractivity contribution in [1.82, 2.24) is 4.98 Å². The molecule has 0 aliphatic carbocycles. The maximum Gasteiger partial charge on any atom is 0.312 e. The van der Waals surface area contributed by atoms with Crippen LogP contribution in [0.4, 0.5) is 4.39 Å². The van der Waals surface area contributed by atoms with Gasteiger partial charge in [-0.25, -0.2) is 4.39 Å². The Labute approximate surface area is 112 Å². The normalized spacial score (nSPS) is 15.9. The molecule has 1 N–H and O–H groups in total. The third-order valence-corrected chi connectivity index (χ3v) is 3.06. The number of rotatable bonds is 5. The molecule has 0 aromatic carbocycles. The molecule has 2 atom stereocenters. The fraction of sp³-hybridized carbons (Fsp3) is 0.571. The van der Waals surface area contributed by atoms with Gasteiger partial charge in [0, 0.05) is 0 Å². The predicted octanol–water partition coefficient (Wildman–Crippen LogP) is 2.26. The van der Waals surface area contributed by atoms with Gasteiger partial charge in [0.25, 0.3) is 0 Å². The second kappa shape index (κ2) is 6.10. The molecule has 0 radical (unpaired) electrons. The molecule has 0 amide bonds. The van der Waals surface area contributed by atoms with Crippen molar-refractivity contribution in [3.8, 4) is 0 Å². The molecule has 19 heavy (non-hydrogen) atoms. The highest BCUT2D eigenvalue weighted by Crippen LogP contribution is 2.34. The number of carbonyl (C=O) groups excluding carboxylic acids is 1. The van der Waals surface area contributed by atoms with Crippen LogP contribution < -0.4 is 0 Å². The SMILES string of the molecule is CCOC(=O)C(C(C)C)C(C)(O)c1ccc(F)cn1. The fourth-order valence-corrected chi connectivity index (χ4v) is 2.22. The Balaban J connectivity index is 3.12. The van der Waals surface area contributed by atoms with Crippen LogP contribution in [0.1, 0.15) is 33.4 Å². The molecule has 0 saturated carbocycles. The zero-order valence-corrected chi connectivity index (χ0v) is 11.7. The first-order valence-electron chi connectivity index (χ1n) is 6.31. The second-order valence-electron chi connectivity index (χ2n) is 4.98. The van der Waals surface area contributed by atoms with Gasteiger partial charge in [-0.2, -0.15) is 0 Å². The van der Waals surface area contributed by atoms with Crippen molar-refractivity contribution in [2.45, 2.75) is 33.3 Å². The van der Waals surface area contributed by atoms with E-state index >= 15 is 0 Å². The number of esters is 1. The van der Waals surface area contributed by atoms with Crippen LogP contribution in [-0.2, 0) is 15.1 Å². The average molecular weight is 269 g/mol. The van der Waals surface area contributed by atoms with Gasteiger partial charge in [-0.3, -0.25) is 9.78 Å². The van der Waals surface area contributed by atoms with Crippen molar-refractivity contribution in [1.29, 1.82) is 0 Å². The third kappa shape index (κ3) is 3.50. The van der Waals surface area contributed by atoms with Crippen molar-refractivity contribution in [2.75, 3.05) is 6.61 Å². The number of halogens is 1. The lowest BCUT2D eigenvalue weighted by Crippen LogP contribution is -2.42. The van der Waals surface area contributed by atoms with Gasteiger partial charge in [0.05, 0.1) is 24.4 Å². The van der Waals surface area contributed by atoms with E-state index in [0.29, 0.717) is 0 Å². The van der Waals surface area contributed by atoms with E-state index in [4.69, 9.17) is 4.74 Å². The van der Waals surface area contributed by atoms with E-state index in [-0.39, 0.29) is 18.2 Å². The highest BCUT2D eigenvalue weighted by Gasteiger charge is 2.43. The molecule has 106 valence electrons. The number of hydrogen-bond acceptors (Lipinski definition) is 4. The van der Waals surface area contributed by atoms with E-state index in [0.717, 1.165) is 6.20 Å². The Bertz CT molecular complexity index is 429. The molecule has 1 heterocycles. The molecule has 0 saturated heterocycles. The van der Waals surface area contributed by atoms with Gasteiger partial charge in [0.15, 0.2) is 0 Å². The van der Waals surface area contributed by atoms with Gasteiger partial charge in [0.1, 0.15) is 11.4 Å². The summed E-state index contributed by atoms with van der Waals surface area (Å²) < 4.78 is 17.9. The van der Waals surface area contributed by atoms with Crippen LogP contribution in [0.2, 0.25) is 0 Å². The maximum atomic E-state index is 12.9. The molecular weight excluding hydrogens is 249 g/mol. The summed E-state index contributed by atoms with van der Waals surface area (Å²) in [7, 11) is 0. The van der Waals surface area contributed by atoms with E-state index < -0.39 is 23.3 Å². The molecule has 1 aromatic heterocycles. The summed E-state index contributed by atoms with van der Waals surface area (Å²) in [4.78, 5) is 15.9. The van der Waals surface area contributed by atoms with Gasteiger partial charge >= 0.3 is 5.97 Å². The number of carbonyl (C=O) groups is 1. The lowest BCUT2D eigenvalue weighted by atomic mass is 9.78. The van der Waals surface area contributed by atoms with E-state index in [9.17, 15) is 14.3 Å². The highest BCUT2D eigenvalue weighted by atomic mass is 19.1. The van der Waals surface area contributed by atoms with Crippen LogP contribution in [0.25, 0.3) is 0 Å². The number of hydrogen-bond donors (Lipinski definition) is 1. The van der Waals surface area contributed by atoms with Gasteiger partial charge in [-0.1, -0.05) is 13.8 Å². The zero-order valence-electron chi connectivity index (χ0n) is 11.7. The van der Waals surface area contributed by atoms with E-state index in [1.165, 1.54) is 19.1 Å². The summed E-state index contributed by atoms with van der Waals surface area (Å²) >= 11 is 0. The summed E-state index contributed by atoms with van der Waals surface area (Å²) in [6.45, 7) is 7.09. The van der Waals surface area contributed by atoms with Crippen LogP contribution in [0, 0.1) is 17.7 Å². The first-order valence-corrected chi connectivity index (χ1v) is 6.31. The molecule has 0 spiro atoms. The minimum Gasteiger partial charge on any atom is -0.466 e. The molecule has 1 rings (SSSR count). The smallest absolute Gasteiger partial charge is 0.312 e. The number of nitrogens with zero attached hydrogens (tertiary/aromatic N) is 1. The summed E-state index contributed by atoms with van der Waals surface area (Å²) in [5.74, 6) is -1.86. The summed E-state index contributed by atoms with van der Waals surface area (Å²) in [5.41, 5.74) is -1.26. The van der Waals surface area contributed by atoms with E-state index in [2.05, 4.69) is 4.98 Å². The number of aromatic nitrogens is 1. The minimum atomic E-state index is -1.51. The zero-order chi connectivity index (χ0) is 14.6. The van der Waals surface area contributed by atoms with Crippen molar-refractivity contribution in [3.63, 3.8) is 0 Å². The fourth-order valence-electron chi connectivity index (χ4n) is 2.22. The van der Waals surface area contributed by atoms with Crippen LogP contribution in [0.3, 0.4) is 0 Å². The lowest BCUT2D eigenvalue weighted by Gasteiger charge is -2.33. The van der Waals surface area contributed by atoms with Gasteiger partial charge in [-0.05, 0) is 31.9 Å². The van der Waals surface area contributed by atoms with Crippen molar-refractivity contribution in [3.05, 3.63) is 29.8 Å². The molecule has 0 bridgehead atoms. The van der Waals surface area contributed by atoms with E-state index in [1.54, 1.807) is 6.92 Å². The molecule has 0 aliphatic rings. The molecule has 0 aliphatic heterocycles. The van der Waals surface area contributed by atoms with Crippen LogP contribution >= 0.6 is 0 Å². The summed E-state index contributed by atoms with van der Waals surface area (Å²) in [5, 5.41) is 10.6. The Hall–Kier alpha value is -1.49. The second-order valence-corrected chi connectivity index (χ2v) is 4.98. The monoisotopic (exact) mass is 269 g/mol. The Morgan fingerprint density at radius 1 is 1.53 bits per heavy atom. The molecule has 4 nitrogen and oxygen atoms in total. The number of pyridine rings is 1. The van der Waals surface area contributed by atoms with Gasteiger partial charge in [-0.15, -0.1) is 0 Å². The number of ether oxygens (including phenoxy) is 1. The Morgan fingerprint density at radius 3 is 2.58 bits per heavy atom. The Morgan fingerprint density at radius 2 is 2.16 bits per heavy atom. The topological polar surface area (TPSA) is 59.4 Å². The quantitative estimate of drug-likeness (QED) is 0.833. The van der Waals surface area contributed by atoms with E-state index in [1.807, 2.05) is 13.8 Å². The predicted molar refractivity (Wildman–Crippen MR) is 68.7 cm³/mol. The van der Waals surface area contributed by atoms with Crippen molar-refractivity contribution < 1.29 is 19.0 Å². The molecule has 0 fully saturated rings. The number of aliphatic hydroxyl groups is 1. The van der Waals surface area contributed by atoms with Crippen LogP contribution in [-0.4, -0.2) is 22.7 Å². The molecule has 5 heteroatoms. The van der Waals surface area contributed by atoms with Gasteiger partial charge < -0.3 is 9.84 Å². The molecule has 2 unspecified atom stereocenters. The Kier molecular flexibility index (Phi) is 5.00. The first-order chi connectivity index (χ1) is 8.80. The average Bonchev–Trinajstić information content (AvgIpc) is 2.28. The maximum absolute atomic E-state index is 12.9. The van der Waals surface area contributed by atoms with Crippen molar-refractivity contribution in [2.24, 2.45) is 11.8 Å². The third-order valence-electron chi connectivity index (χ3n) is 3.06. The lowest BCUT2D eigenvalue weighted by molar-refractivity contribution is -0.161. The molecule has 1 aromatic rings. The van der Waals surface area contributed by atoms with Crippen molar-refractivity contribution >= 4 is 5.97 Å². The largest absolute Gasteiger partial charge is 0.466 e. The first kappa shape index (κ1) is 15.6. The summed E-state index contributed by atoms with van der Waals surface area (Å²) in [6.07, 6.45) is 1.02. The van der Waals surface area contributed by atoms with Gasteiger partial charge in [0.2, 0.25) is 0 Å². The summed E-state index contributed by atoms with van der Waals surface area (Å²) in [6, 6.07) is 2.59. The highest BCUT2D eigenvalue weighted by molar-refractivity contribution is 5.74. The van der Waals surface area contributed by atoms with Crippen LogP contribution in [0.5, 0.6) is 0 Å². The minimum absolute atomic E-state index is 0.138. The standard InChI is InChI=1S/C14H20FNO3/c1-5-19-13(17)12(9(2)3)14(4,18)11-7-6-10(15)8-16-11/h6-9,12,18H,5H2,1-4H3. The molecular formula is C14H20FNO3.